The second-order valence-corrected chi connectivity index (χ2v) is 3.78. The third-order valence-corrected chi connectivity index (χ3v) is 2.47. The van der Waals surface area contributed by atoms with Gasteiger partial charge in [-0.05, 0) is 0 Å². The van der Waals surface area contributed by atoms with Crippen molar-refractivity contribution in [3.63, 3.8) is 0 Å². The number of nitrogens with one attached hydrogen (secondary N) is 1. The molecular weight excluding hydrogens is 240 g/mol. The van der Waals surface area contributed by atoms with Crippen molar-refractivity contribution in [2.45, 2.75) is 19.9 Å². The van der Waals surface area contributed by atoms with Crippen LogP contribution in [0.3, 0.4) is 0 Å². The van der Waals surface area contributed by atoms with Crippen LogP contribution in [-0.2, 0) is 13.0 Å². The smallest absolute Gasteiger partial charge is 0.213 e. The van der Waals surface area contributed by atoms with Gasteiger partial charge in [0.1, 0.15) is 5.76 Å². The SMILES string of the molecule is CCc1cnc(CNc2cc(F)c(F)cc2N)o1. The quantitative estimate of drug-likeness (QED) is 0.822. The molecule has 1 aromatic carbocycles. The fraction of sp³-hybridized carbons (Fsp3) is 0.250. The van der Waals surface area contributed by atoms with Gasteiger partial charge >= 0.3 is 0 Å². The molecule has 4 nitrogen and oxygen atoms in total. The minimum Gasteiger partial charge on any atom is -0.444 e. The van der Waals surface area contributed by atoms with Crippen LogP contribution in [0.25, 0.3) is 0 Å². The number of benzene rings is 1. The Morgan fingerprint density at radius 3 is 2.72 bits per heavy atom. The molecule has 1 aromatic heterocycles. The Morgan fingerprint density at radius 1 is 1.33 bits per heavy atom. The van der Waals surface area contributed by atoms with E-state index in [0.717, 1.165) is 24.3 Å². The van der Waals surface area contributed by atoms with E-state index in [4.69, 9.17) is 10.2 Å². The summed E-state index contributed by atoms with van der Waals surface area (Å²) in [7, 11) is 0. The monoisotopic (exact) mass is 253 g/mol. The van der Waals surface area contributed by atoms with E-state index in [1.807, 2.05) is 6.92 Å². The summed E-state index contributed by atoms with van der Waals surface area (Å²) in [6.45, 7) is 2.21. The molecule has 1 heterocycles. The summed E-state index contributed by atoms with van der Waals surface area (Å²) in [5.74, 6) is -0.683. The molecule has 0 saturated carbocycles. The van der Waals surface area contributed by atoms with Gasteiger partial charge in [-0.15, -0.1) is 0 Å². The Balaban J connectivity index is 2.08. The van der Waals surface area contributed by atoms with Gasteiger partial charge in [-0.2, -0.15) is 0 Å². The Labute approximate surface area is 103 Å². The highest BCUT2D eigenvalue weighted by molar-refractivity contribution is 5.66. The zero-order chi connectivity index (χ0) is 13.1. The topological polar surface area (TPSA) is 64.1 Å². The van der Waals surface area contributed by atoms with Crippen LogP contribution in [0, 0.1) is 11.6 Å². The van der Waals surface area contributed by atoms with Gasteiger partial charge in [0.05, 0.1) is 24.1 Å². The van der Waals surface area contributed by atoms with E-state index < -0.39 is 11.6 Å². The van der Waals surface area contributed by atoms with Crippen molar-refractivity contribution in [2.75, 3.05) is 11.1 Å². The van der Waals surface area contributed by atoms with Crippen molar-refractivity contribution < 1.29 is 13.2 Å². The van der Waals surface area contributed by atoms with Gasteiger partial charge in [0.15, 0.2) is 11.6 Å². The summed E-state index contributed by atoms with van der Waals surface area (Å²) >= 11 is 0. The van der Waals surface area contributed by atoms with Crippen molar-refractivity contribution in [3.05, 3.63) is 41.6 Å². The molecule has 0 amide bonds. The van der Waals surface area contributed by atoms with E-state index >= 15 is 0 Å². The third kappa shape index (κ3) is 2.58. The lowest BCUT2D eigenvalue weighted by Crippen LogP contribution is -2.04. The molecule has 96 valence electrons. The number of nitrogens with zero attached hydrogens (tertiary/aromatic N) is 1. The fourth-order valence-electron chi connectivity index (χ4n) is 1.48. The summed E-state index contributed by atoms with van der Waals surface area (Å²) in [6, 6.07) is 1.94. The van der Waals surface area contributed by atoms with Crippen molar-refractivity contribution in [2.24, 2.45) is 0 Å². The summed E-state index contributed by atoms with van der Waals surface area (Å²) in [6.07, 6.45) is 2.38. The van der Waals surface area contributed by atoms with Crippen molar-refractivity contribution in [3.8, 4) is 0 Å². The van der Waals surface area contributed by atoms with Gasteiger partial charge in [-0.3, -0.25) is 0 Å². The van der Waals surface area contributed by atoms with Crippen LogP contribution in [0.1, 0.15) is 18.6 Å². The zero-order valence-electron chi connectivity index (χ0n) is 9.84. The molecule has 3 N–H and O–H groups in total. The minimum atomic E-state index is -0.970. The molecule has 2 rings (SSSR count). The first-order valence-corrected chi connectivity index (χ1v) is 5.52. The number of hydrogen-bond donors (Lipinski definition) is 2. The van der Waals surface area contributed by atoms with Gasteiger partial charge in [0.25, 0.3) is 0 Å². The fourth-order valence-corrected chi connectivity index (χ4v) is 1.48. The Bertz CT molecular complexity index is 554. The number of nitrogens with two attached hydrogens (primary N) is 1. The largest absolute Gasteiger partial charge is 0.444 e. The number of nitrogen functional groups attached to an aromatic ring is 1. The predicted molar refractivity (Wildman–Crippen MR) is 64.0 cm³/mol. The summed E-state index contributed by atoms with van der Waals surface area (Å²) < 4.78 is 31.3. The van der Waals surface area contributed by atoms with Crippen LogP contribution in [-0.4, -0.2) is 4.98 Å². The van der Waals surface area contributed by atoms with Crippen LogP contribution in [0.15, 0.2) is 22.7 Å². The second kappa shape index (κ2) is 5.03. The maximum atomic E-state index is 13.0. The molecule has 0 aliphatic heterocycles. The maximum Gasteiger partial charge on any atom is 0.213 e. The van der Waals surface area contributed by atoms with E-state index in [9.17, 15) is 8.78 Å². The molecule has 0 fully saturated rings. The molecule has 2 aromatic rings. The second-order valence-electron chi connectivity index (χ2n) is 3.78. The van der Waals surface area contributed by atoms with E-state index in [0.29, 0.717) is 11.6 Å². The Kier molecular flexibility index (Phi) is 3.45. The molecule has 0 unspecified atom stereocenters. The third-order valence-electron chi connectivity index (χ3n) is 2.47. The van der Waals surface area contributed by atoms with Gasteiger partial charge in [-0.25, -0.2) is 13.8 Å². The number of anilines is 2. The van der Waals surface area contributed by atoms with Crippen LogP contribution in [0.5, 0.6) is 0 Å². The van der Waals surface area contributed by atoms with Crippen LogP contribution >= 0.6 is 0 Å². The van der Waals surface area contributed by atoms with Gasteiger partial charge in [-0.1, -0.05) is 6.92 Å². The Hall–Kier alpha value is -2.11. The lowest BCUT2D eigenvalue weighted by Gasteiger charge is -2.07. The number of aromatic nitrogens is 1. The lowest BCUT2D eigenvalue weighted by atomic mass is 10.2. The number of oxazole rings is 1. The number of aryl methyl sites for hydroxylation is 1. The average molecular weight is 253 g/mol. The summed E-state index contributed by atoms with van der Waals surface area (Å²) in [5, 5.41) is 2.85. The van der Waals surface area contributed by atoms with E-state index in [2.05, 4.69) is 10.3 Å². The van der Waals surface area contributed by atoms with Crippen LogP contribution < -0.4 is 11.1 Å². The molecule has 0 radical (unpaired) electrons. The number of halogens is 2. The van der Waals surface area contributed by atoms with Crippen molar-refractivity contribution in [1.29, 1.82) is 0 Å². The van der Waals surface area contributed by atoms with Crippen LogP contribution in [0.4, 0.5) is 20.2 Å². The predicted octanol–water partition coefficient (Wildman–Crippen LogP) is 2.71. The first-order chi connectivity index (χ1) is 8.60. The molecule has 0 aliphatic carbocycles. The normalized spacial score (nSPS) is 10.6. The maximum absolute atomic E-state index is 13.0. The minimum absolute atomic E-state index is 0.135. The van der Waals surface area contributed by atoms with E-state index in [1.54, 1.807) is 6.20 Å². The highest BCUT2D eigenvalue weighted by Crippen LogP contribution is 2.22. The summed E-state index contributed by atoms with van der Waals surface area (Å²) in [4.78, 5) is 4.03. The molecular formula is C12H13F2N3O. The summed E-state index contributed by atoms with van der Waals surface area (Å²) in [5.41, 5.74) is 6.01. The first-order valence-electron chi connectivity index (χ1n) is 5.52. The zero-order valence-corrected chi connectivity index (χ0v) is 9.84. The highest BCUT2D eigenvalue weighted by Gasteiger charge is 2.08. The molecule has 0 saturated heterocycles. The standard InChI is InChI=1S/C12H13F2N3O/c1-2-7-5-17-12(18-7)6-16-11-4-9(14)8(13)3-10(11)15/h3-5,16H,2,6,15H2,1H3. The highest BCUT2D eigenvalue weighted by atomic mass is 19.2. The molecule has 0 aliphatic rings. The van der Waals surface area contributed by atoms with Gasteiger partial charge in [0, 0.05) is 18.6 Å². The van der Waals surface area contributed by atoms with E-state index in [1.165, 1.54) is 0 Å². The van der Waals surface area contributed by atoms with E-state index in [-0.39, 0.29) is 12.2 Å². The molecule has 6 heteroatoms. The first kappa shape index (κ1) is 12.3. The average Bonchev–Trinajstić information content (AvgIpc) is 2.80. The van der Waals surface area contributed by atoms with Crippen molar-refractivity contribution >= 4 is 11.4 Å². The molecule has 0 spiro atoms. The number of hydrogen-bond acceptors (Lipinski definition) is 4. The molecule has 0 atom stereocenters. The molecule has 18 heavy (non-hydrogen) atoms. The molecule has 0 bridgehead atoms. The van der Waals surface area contributed by atoms with Gasteiger partial charge < -0.3 is 15.5 Å². The lowest BCUT2D eigenvalue weighted by molar-refractivity contribution is 0.465. The van der Waals surface area contributed by atoms with Gasteiger partial charge in [0.2, 0.25) is 5.89 Å². The van der Waals surface area contributed by atoms with Crippen LogP contribution in [0.2, 0.25) is 0 Å². The Morgan fingerprint density at radius 2 is 2.06 bits per heavy atom. The number of rotatable bonds is 4. The van der Waals surface area contributed by atoms with Crippen molar-refractivity contribution in [1.82, 2.24) is 4.98 Å².